The first-order valence-electron chi connectivity index (χ1n) is 11.5. The summed E-state index contributed by atoms with van der Waals surface area (Å²) in [5, 5.41) is 23.0. The quantitative estimate of drug-likeness (QED) is 0.356. The van der Waals surface area contributed by atoms with Gasteiger partial charge >= 0.3 is 6.09 Å². The Balaban J connectivity index is 1.74. The molecule has 1 unspecified atom stereocenters. The maximum atomic E-state index is 12.7. The van der Waals surface area contributed by atoms with Crippen molar-refractivity contribution in [1.29, 1.82) is 0 Å². The van der Waals surface area contributed by atoms with Crippen LogP contribution in [0.2, 0.25) is 0 Å². The molecule has 0 saturated heterocycles. The molecule has 11 heteroatoms. The Labute approximate surface area is 199 Å². The summed E-state index contributed by atoms with van der Waals surface area (Å²) in [6.45, 7) is 4.73. The maximum absolute atomic E-state index is 12.7. The monoisotopic (exact) mass is 474 g/mol. The van der Waals surface area contributed by atoms with Gasteiger partial charge in [-0.1, -0.05) is 30.3 Å². The van der Waals surface area contributed by atoms with Crippen LogP contribution in [-0.2, 0) is 27.4 Å². The molecule has 1 aromatic carbocycles. The molecule has 0 saturated carbocycles. The minimum absolute atomic E-state index is 0.0134. The van der Waals surface area contributed by atoms with Crippen LogP contribution in [0.25, 0.3) is 0 Å². The number of carbonyl (C=O) groups excluding carboxylic acids is 2. The fourth-order valence-corrected chi connectivity index (χ4v) is 3.56. The standard InChI is InChI=1S/C23H34N6O5/c1-23(2,24)21(31)26-17(15-33-14-16-8-4-3-5-9-16)19-27-28-20-18(10-6-12-29(19)20)34-22(32)25-11-7-13-30/h3-5,8-9,17-18,30H,6-7,10-15,24H2,1-2H3,(H,25,32)(H,26,31)/t17-,18?/m1/s1. The summed E-state index contributed by atoms with van der Waals surface area (Å²) >= 11 is 0. The summed E-state index contributed by atoms with van der Waals surface area (Å²) < 4.78 is 13.3. The lowest BCUT2D eigenvalue weighted by molar-refractivity contribution is -0.126. The van der Waals surface area contributed by atoms with Gasteiger partial charge in [0.25, 0.3) is 0 Å². The van der Waals surface area contributed by atoms with Crippen LogP contribution < -0.4 is 16.4 Å². The van der Waals surface area contributed by atoms with E-state index in [1.807, 2.05) is 34.9 Å². The SMILES string of the molecule is CC(C)(N)C(=O)N[C@H](COCc1ccccc1)c1nnc2n1CCCC2OC(=O)NCCCO. The van der Waals surface area contributed by atoms with Crippen LogP contribution in [0.4, 0.5) is 4.79 Å². The molecule has 2 atom stereocenters. The van der Waals surface area contributed by atoms with E-state index in [1.54, 1.807) is 13.8 Å². The molecule has 186 valence electrons. The molecule has 2 aromatic rings. The number of ether oxygens (including phenoxy) is 2. The smallest absolute Gasteiger partial charge is 0.407 e. The van der Waals surface area contributed by atoms with Gasteiger partial charge in [-0.25, -0.2) is 4.79 Å². The predicted molar refractivity (Wildman–Crippen MR) is 123 cm³/mol. The number of carbonyl (C=O) groups is 2. The third-order valence-electron chi connectivity index (χ3n) is 5.40. The van der Waals surface area contributed by atoms with Crippen molar-refractivity contribution in [3.63, 3.8) is 0 Å². The predicted octanol–water partition coefficient (Wildman–Crippen LogP) is 1.33. The van der Waals surface area contributed by atoms with Crippen LogP contribution >= 0.6 is 0 Å². The topological polar surface area (TPSA) is 154 Å². The zero-order chi connectivity index (χ0) is 24.6. The first kappa shape index (κ1) is 25.6. The molecular formula is C23H34N6O5. The van der Waals surface area contributed by atoms with E-state index >= 15 is 0 Å². The number of aromatic nitrogens is 3. The lowest BCUT2D eigenvalue weighted by atomic mass is 10.1. The number of amides is 2. The highest BCUT2D eigenvalue weighted by Crippen LogP contribution is 2.29. The summed E-state index contributed by atoms with van der Waals surface area (Å²) in [7, 11) is 0. The van der Waals surface area contributed by atoms with Crippen molar-refractivity contribution in [2.24, 2.45) is 5.73 Å². The second-order valence-corrected chi connectivity index (χ2v) is 8.86. The van der Waals surface area contributed by atoms with Gasteiger partial charge in [-0.15, -0.1) is 10.2 Å². The van der Waals surface area contributed by atoms with Gasteiger partial charge in [0.2, 0.25) is 5.91 Å². The Morgan fingerprint density at radius 2 is 2.06 bits per heavy atom. The molecule has 1 aliphatic heterocycles. The molecule has 0 radical (unpaired) electrons. The van der Waals surface area contributed by atoms with E-state index in [4.69, 9.17) is 20.3 Å². The van der Waals surface area contributed by atoms with Crippen LogP contribution in [0, 0.1) is 0 Å². The van der Waals surface area contributed by atoms with Crippen LogP contribution in [0.5, 0.6) is 0 Å². The lowest BCUT2D eigenvalue weighted by Crippen LogP contribution is -2.51. The lowest BCUT2D eigenvalue weighted by Gasteiger charge is -2.27. The number of fused-ring (bicyclic) bond motifs is 1. The first-order valence-corrected chi connectivity index (χ1v) is 11.5. The highest BCUT2D eigenvalue weighted by atomic mass is 16.6. The number of hydrogen-bond donors (Lipinski definition) is 4. The molecule has 0 bridgehead atoms. The van der Waals surface area contributed by atoms with Crippen molar-refractivity contribution in [1.82, 2.24) is 25.4 Å². The van der Waals surface area contributed by atoms with E-state index in [0.717, 1.165) is 12.0 Å². The number of aliphatic hydroxyl groups excluding tert-OH is 1. The molecule has 0 aliphatic carbocycles. The fourth-order valence-electron chi connectivity index (χ4n) is 3.56. The number of nitrogens with two attached hydrogens (primary N) is 1. The molecule has 5 N–H and O–H groups in total. The van der Waals surface area contributed by atoms with Crippen molar-refractivity contribution in [3.05, 3.63) is 47.5 Å². The van der Waals surface area contributed by atoms with E-state index in [-0.39, 0.29) is 19.1 Å². The zero-order valence-corrected chi connectivity index (χ0v) is 19.7. The Hall–Kier alpha value is -3.02. The van der Waals surface area contributed by atoms with Crippen molar-refractivity contribution < 1.29 is 24.2 Å². The summed E-state index contributed by atoms with van der Waals surface area (Å²) in [4.78, 5) is 24.8. The van der Waals surface area contributed by atoms with Crippen molar-refractivity contribution >= 4 is 12.0 Å². The molecule has 1 aromatic heterocycles. The molecule has 1 aliphatic rings. The van der Waals surface area contributed by atoms with E-state index < -0.39 is 23.8 Å². The van der Waals surface area contributed by atoms with Gasteiger partial charge in [-0.05, 0) is 38.7 Å². The number of hydrogen-bond acceptors (Lipinski definition) is 8. The van der Waals surface area contributed by atoms with Crippen molar-refractivity contribution in [2.45, 2.75) is 63.9 Å². The number of alkyl carbamates (subject to hydrolysis) is 1. The Morgan fingerprint density at radius 1 is 1.29 bits per heavy atom. The van der Waals surface area contributed by atoms with Crippen molar-refractivity contribution in [3.8, 4) is 0 Å². The number of aliphatic hydroxyl groups is 1. The van der Waals surface area contributed by atoms with Crippen LogP contribution in [-0.4, -0.2) is 57.2 Å². The Bertz CT molecular complexity index is 943. The second kappa shape index (κ2) is 11.9. The molecule has 0 fully saturated rings. The third-order valence-corrected chi connectivity index (χ3v) is 5.40. The number of nitrogens with one attached hydrogen (secondary N) is 2. The van der Waals surface area contributed by atoms with E-state index in [0.29, 0.717) is 44.2 Å². The van der Waals surface area contributed by atoms with Gasteiger partial charge in [-0.3, -0.25) is 4.79 Å². The molecule has 3 rings (SSSR count). The number of nitrogens with zero attached hydrogens (tertiary/aromatic N) is 3. The molecular weight excluding hydrogens is 440 g/mol. The highest BCUT2D eigenvalue weighted by molar-refractivity contribution is 5.85. The fraction of sp³-hybridized carbons (Fsp3) is 0.565. The molecule has 11 nitrogen and oxygen atoms in total. The Morgan fingerprint density at radius 3 is 2.76 bits per heavy atom. The first-order chi connectivity index (χ1) is 16.3. The average Bonchev–Trinajstić information content (AvgIpc) is 3.24. The van der Waals surface area contributed by atoms with E-state index in [9.17, 15) is 9.59 Å². The van der Waals surface area contributed by atoms with Crippen LogP contribution in [0.1, 0.15) is 62.5 Å². The maximum Gasteiger partial charge on any atom is 0.407 e. The minimum Gasteiger partial charge on any atom is -0.438 e. The minimum atomic E-state index is -1.08. The summed E-state index contributed by atoms with van der Waals surface area (Å²) in [6.07, 6.45) is 0.680. The summed E-state index contributed by atoms with van der Waals surface area (Å²) in [5.41, 5.74) is 5.92. The third kappa shape index (κ3) is 6.99. The molecule has 34 heavy (non-hydrogen) atoms. The van der Waals surface area contributed by atoms with Gasteiger partial charge in [0.15, 0.2) is 17.8 Å². The average molecular weight is 475 g/mol. The van der Waals surface area contributed by atoms with Gasteiger partial charge in [0.1, 0.15) is 6.04 Å². The summed E-state index contributed by atoms with van der Waals surface area (Å²) in [5.74, 6) is 0.701. The van der Waals surface area contributed by atoms with Gasteiger partial charge in [0, 0.05) is 19.7 Å². The number of benzene rings is 1. The van der Waals surface area contributed by atoms with Crippen molar-refractivity contribution in [2.75, 3.05) is 19.8 Å². The zero-order valence-electron chi connectivity index (χ0n) is 19.7. The second-order valence-electron chi connectivity index (χ2n) is 8.86. The molecule has 2 heterocycles. The van der Waals surface area contributed by atoms with Gasteiger partial charge in [-0.2, -0.15) is 0 Å². The van der Waals surface area contributed by atoms with Gasteiger partial charge < -0.3 is 35.5 Å². The van der Waals surface area contributed by atoms with E-state index in [2.05, 4.69) is 20.8 Å². The summed E-state index contributed by atoms with van der Waals surface area (Å²) in [6, 6.07) is 9.14. The van der Waals surface area contributed by atoms with Gasteiger partial charge in [0.05, 0.1) is 18.8 Å². The normalized spacial score (nSPS) is 16.4. The Kier molecular flexibility index (Phi) is 8.97. The molecule has 0 spiro atoms. The van der Waals surface area contributed by atoms with E-state index in [1.165, 1.54) is 0 Å². The number of rotatable bonds is 11. The van der Waals surface area contributed by atoms with Crippen LogP contribution in [0.15, 0.2) is 30.3 Å². The highest BCUT2D eigenvalue weighted by Gasteiger charge is 2.33. The molecule has 2 amide bonds. The largest absolute Gasteiger partial charge is 0.438 e. The van der Waals surface area contributed by atoms with Crippen LogP contribution in [0.3, 0.4) is 0 Å².